The number of carbonyl (C=O) groups is 1. The summed E-state index contributed by atoms with van der Waals surface area (Å²) >= 11 is 3.82. The van der Waals surface area contributed by atoms with Crippen LogP contribution in [0, 0.1) is 0 Å². The number of hydrogen-bond acceptors (Lipinski definition) is 3. The van der Waals surface area contributed by atoms with Crippen LogP contribution >= 0.6 is 12.6 Å². The van der Waals surface area contributed by atoms with Crippen LogP contribution in [-0.4, -0.2) is 37.6 Å². The van der Waals surface area contributed by atoms with Crippen molar-refractivity contribution in [1.82, 2.24) is 5.32 Å². The average molecular weight is 231 g/mol. The van der Waals surface area contributed by atoms with Crippen LogP contribution in [-0.2, 0) is 9.53 Å². The van der Waals surface area contributed by atoms with E-state index in [4.69, 9.17) is 0 Å². The van der Waals surface area contributed by atoms with Crippen LogP contribution in [0.15, 0.2) is 0 Å². The van der Waals surface area contributed by atoms with Gasteiger partial charge in [0.2, 0.25) is 5.91 Å². The van der Waals surface area contributed by atoms with Crippen LogP contribution in [0.25, 0.3) is 0 Å². The Hall–Kier alpha value is -0.430. The number of halogens is 3. The quantitative estimate of drug-likeness (QED) is 0.528. The molecule has 0 bridgehead atoms. The van der Waals surface area contributed by atoms with Gasteiger partial charge in [-0.3, -0.25) is 4.79 Å². The van der Waals surface area contributed by atoms with Gasteiger partial charge in [0.25, 0.3) is 0 Å². The topological polar surface area (TPSA) is 38.3 Å². The van der Waals surface area contributed by atoms with Crippen molar-refractivity contribution < 1.29 is 22.7 Å². The molecule has 0 fully saturated rings. The maximum absolute atomic E-state index is 11.5. The molecule has 0 aromatic heterocycles. The normalized spacial score (nSPS) is 11.4. The molecule has 0 atom stereocenters. The Morgan fingerprint density at radius 1 is 1.43 bits per heavy atom. The zero-order chi connectivity index (χ0) is 11.0. The lowest BCUT2D eigenvalue weighted by Crippen LogP contribution is -2.28. The minimum absolute atomic E-state index is 0.0860. The van der Waals surface area contributed by atoms with Gasteiger partial charge >= 0.3 is 6.18 Å². The van der Waals surface area contributed by atoms with Crippen molar-refractivity contribution in [2.45, 2.75) is 12.6 Å². The molecule has 14 heavy (non-hydrogen) atoms. The van der Waals surface area contributed by atoms with Crippen LogP contribution in [0.4, 0.5) is 13.2 Å². The summed E-state index contributed by atoms with van der Waals surface area (Å²) in [5.74, 6) is 0.172. The summed E-state index contributed by atoms with van der Waals surface area (Å²) in [6.07, 6.45) is -4.06. The Morgan fingerprint density at radius 3 is 2.57 bits per heavy atom. The van der Waals surface area contributed by atoms with Gasteiger partial charge in [0.05, 0.1) is 6.61 Å². The average Bonchev–Trinajstić information content (AvgIpc) is 2.02. The van der Waals surface area contributed by atoms with Gasteiger partial charge in [0.15, 0.2) is 0 Å². The zero-order valence-electron chi connectivity index (χ0n) is 7.43. The molecule has 0 heterocycles. The fourth-order valence-corrected chi connectivity index (χ4v) is 0.844. The summed E-state index contributed by atoms with van der Waals surface area (Å²) in [6, 6.07) is 0. The van der Waals surface area contributed by atoms with E-state index in [1.165, 1.54) is 0 Å². The van der Waals surface area contributed by atoms with Gasteiger partial charge in [-0.25, -0.2) is 0 Å². The second kappa shape index (κ2) is 6.94. The van der Waals surface area contributed by atoms with Gasteiger partial charge in [-0.2, -0.15) is 25.8 Å². The molecule has 0 aromatic carbocycles. The van der Waals surface area contributed by atoms with Crippen molar-refractivity contribution in [2.75, 3.05) is 25.5 Å². The molecule has 1 amide bonds. The van der Waals surface area contributed by atoms with E-state index in [1.807, 2.05) is 0 Å². The first-order chi connectivity index (χ1) is 6.45. The summed E-state index contributed by atoms with van der Waals surface area (Å²) in [6.45, 7) is -1.34. The molecule has 0 unspecified atom stereocenters. The molecule has 0 aliphatic carbocycles. The molecule has 84 valence electrons. The van der Waals surface area contributed by atoms with E-state index in [2.05, 4.69) is 22.7 Å². The number of amides is 1. The Bertz CT molecular complexity index is 175. The molecular formula is C7H12F3NO2S. The van der Waals surface area contributed by atoms with Crippen LogP contribution < -0.4 is 5.32 Å². The first kappa shape index (κ1) is 13.6. The van der Waals surface area contributed by atoms with E-state index >= 15 is 0 Å². The van der Waals surface area contributed by atoms with E-state index in [0.29, 0.717) is 5.75 Å². The molecule has 1 N–H and O–H groups in total. The Labute approximate surface area is 85.4 Å². The predicted molar refractivity (Wildman–Crippen MR) is 48.4 cm³/mol. The zero-order valence-corrected chi connectivity index (χ0v) is 8.33. The van der Waals surface area contributed by atoms with E-state index in [9.17, 15) is 18.0 Å². The van der Waals surface area contributed by atoms with Gasteiger partial charge < -0.3 is 10.1 Å². The molecular weight excluding hydrogens is 219 g/mol. The minimum Gasteiger partial charge on any atom is -0.370 e. The van der Waals surface area contributed by atoms with Crippen molar-refractivity contribution in [1.29, 1.82) is 0 Å². The Morgan fingerprint density at radius 2 is 2.07 bits per heavy atom. The lowest BCUT2D eigenvalue weighted by Gasteiger charge is -2.07. The third-order valence-corrected chi connectivity index (χ3v) is 1.40. The highest BCUT2D eigenvalue weighted by Gasteiger charge is 2.27. The van der Waals surface area contributed by atoms with E-state index in [0.717, 1.165) is 0 Å². The van der Waals surface area contributed by atoms with Crippen LogP contribution in [0.2, 0.25) is 0 Å². The SMILES string of the molecule is O=C(CCS)NCCOCC(F)(F)F. The largest absolute Gasteiger partial charge is 0.411 e. The molecule has 0 rings (SSSR count). The molecule has 0 spiro atoms. The lowest BCUT2D eigenvalue weighted by molar-refractivity contribution is -0.173. The predicted octanol–water partition coefficient (Wildman–Crippen LogP) is 1.00. The monoisotopic (exact) mass is 231 g/mol. The highest BCUT2D eigenvalue weighted by Crippen LogP contribution is 2.13. The highest BCUT2D eigenvalue weighted by molar-refractivity contribution is 7.80. The van der Waals surface area contributed by atoms with Crippen molar-refractivity contribution in [3.05, 3.63) is 0 Å². The molecule has 0 saturated carbocycles. The summed E-state index contributed by atoms with van der Waals surface area (Å²) in [5, 5.41) is 2.39. The maximum atomic E-state index is 11.5. The Kier molecular flexibility index (Phi) is 6.73. The lowest BCUT2D eigenvalue weighted by atomic mass is 10.4. The van der Waals surface area contributed by atoms with Crippen molar-refractivity contribution in [3.8, 4) is 0 Å². The first-order valence-corrected chi connectivity index (χ1v) is 4.61. The standard InChI is InChI=1S/C7H12F3NO2S/c8-7(9,10)5-13-3-2-11-6(12)1-4-14/h14H,1-5H2,(H,11,12). The summed E-state index contributed by atoms with van der Waals surface area (Å²) in [4.78, 5) is 10.8. The summed E-state index contributed by atoms with van der Waals surface area (Å²) in [7, 11) is 0. The number of hydrogen-bond donors (Lipinski definition) is 2. The molecule has 0 radical (unpaired) electrons. The van der Waals surface area contributed by atoms with Crippen LogP contribution in [0.5, 0.6) is 0 Å². The fraction of sp³-hybridized carbons (Fsp3) is 0.857. The van der Waals surface area contributed by atoms with Crippen LogP contribution in [0.3, 0.4) is 0 Å². The van der Waals surface area contributed by atoms with Crippen LogP contribution in [0.1, 0.15) is 6.42 Å². The third-order valence-electron chi connectivity index (χ3n) is 1.17. The first-order valence-electron chi connectivity index (χ1n) is 3.98. The fourth-order valence-electron chi connectivity index (χ4n) is 0.640. The second-order valence-electron chi connectivity index (χ2n) is 2.49. The van der Waals surface area contributed by atoms with Gasteiger partial charge in [-0.1, -0.05) is 0 Å². The van der Waals surface area contributed by atoms with E-state index in [-0.39, 0.29) is 25.5 Å². The second-order valence-corrected chi connectivity index (χ2v) is 2.94. The maximum Gasteiger partial charge on any atom is 0.411 e. The number of thiol groups is 1. The molecule has 0 aromatic rings. The number of rotatable bonds is 6. The number of alkyl halides is 3. The molecule has 7 heteroatoms. The van der Waals surface area contributed by atoms with Gasteiger partial charge in [-0.05, 0) is 5.75 Å². The number of nitrogens with one attached hydrogen (secondary N) is 1. The summed E-state index contributed by atoms with van der Waals surface area (Å²) in [5.41, 5.74) is 0. The number of carbonyl (C=O) groups excluding carboxylic acids is 1. The van der Waals surface area contributed by atoms with Gasteiger partial charge in [0, 0.05) is 13.0 Å². The molecule has 3 nitrogen and oxygen atoms in total. The van der Waals surface area contributed by atoms with Gasteiger partial charge in [0.1, 0.15) is 6.61 Å². The van der Waals surface area contributed by atoms with E-state index < -0.39 is 12.8 Å². The third kappa shape index (κ3) is 9.66. The highest BCUT2D eigenvalue weighted by atomic mass is 32.1. The van der Waals surface area contributed by atoms with Crippen molar-refractivity contribution in [3.63, 3.8) is 0 Å². The Balaban J connectivity index is 3.26. The smallest absolute Gasteiger partial charge is 0.370 e. The molecule has 0 aliphatic heterocycles. The molecule has 0 saturated heterocycles. The van der Waals surface area contributed by atoms with Crippen molar-refractivity contribution >= 4 is 18.5 Å². The van der Waals surface area contributed by atoms with E-state index in [1.54, 1.807) is 0 Å². The van der Waals surface area contributed by atoms with Crippen molar-refractivity contribution in [2.24, 2.45) is 0 Å². The summed E-state index contributed by atoms with van der Waals surface area (Å²) < 4.78 is 38.9. The molecule has 0 aliphatic rings. The van der Waals surface area contributed by atoms with Gasteiger partial charge in [-0.15, -0.1) is 0 Å². The minimum atomic E-state index is -4.31. The number of ether oxygens (including phenoxy) is 1.